The minimum absolute atomic E-state index is 0.0817. The average Bonchev–Trinajstić information content (AvgIpc) is 3.25. The Morgan fingerprint density at radius 1 is 1.26 bits per heavy atom. The van der Waals surface area contributed by atoms with Crippen molar-refractivity contribution in [2.45, 2.75) is 25.0 Å². The van der Waals surface area contributed by atoms with E-state index in [4.69, 9.17) is 9.47 Å². The number of hydrogen-bond donors (Lipinski definition) is 1. The standard InChI is InChI=1S/C23H23FN2O4S/c1-29-21-11-16(24)7-8-20(21)30-19-9-10-26(13-18(19)27)22(28)12-17-14-31-23(25-17)15-5-3-2-4-6-15/h2-8,11,14,18-19,27H,9-10,12-13H2,1H3/t18-,19-/m1/s1. The van der Waals surface area contributed by atoms with Crippen LogP contribution in [0.15, 0.2) is 53.9 Å². The number of halogens is 1. The van der Waals surface area contributed by atoms with Gasteiger partial charge in [0.05, 0.1) is 25.8 Å². The fraction of sp³-hybridized carbons (Fsp3) is 0.304. The first-order valence-electron chi connectivity index (χ1n) is 9.99. The lowest BCUT2D eigenvalue weighted by Crippen LogP contribution is -2.51. The van der Waals surface area contributed by atoms with E-state index in [1.807, 2.05) is 35.7 Å². The van der Waals surface area contributed by atoms with Crippen molar-refractivity contribution in [3.05, 3.63) is 65.4 Å². The first-order valence-corrected chi connectivity index (χ1v) is 10.9. The first kappa shape index (κ1) is 21.3. The molecular weight excluding hydrogens is 419 g/mol. The Kier molecular flexibility index (Phi) is 6.48. The molecule has 1 aromatic heterocycles. The van der Waals surface area contributed by atoms with Crippen LogP contribution in [-0.2, 0) is 11.2 Å². The Bertz CT molecular complexity index is 1040. The fourth-order valence-corrected chi connectivity index (χ4v) is 4.37. The number of methoxy groups -OCH3 is 1. The maximum atomic E-state index is 13.4. The van der Waals surface area contributed by atoms with Gasteiger partial charge in [0, 0.05) is 30.0 Å². The van der Waals surface area contributed by atoms with Gasteiger partial charge in [0.2, 0.25) is 5.91 Å². The van der Waals surface area contributed by atoms with Gasteiger partial charge in [-0.2, -0.15) is 0 Å². The zero-order chi connectivity index (χ0) is 21.8. The lowest BCUT2D eigenvalue weighted by atomic mass is 10.0. The molecule has 3 aromatic rings. The maximum absolute atomic E-state index is 13.4. The summed E-state index contributed by atoms with van der Waals surface area (Å²) < 4.78 is 24.4. The van der Waals surface area contributed by atoms with E-state index < -0.39 is 18.0 Å². The molecule has 31 heavy (non-hydrogen) atoms. The molecule has 0 bridgehead atoms. The number of likely N-dealkylation sites (tertiary alicyclic amines) is 1. The second-order valence-corrected chi connectivity index (χ2v) is 8.19. The predicted octanol–water partition coefficient (Wildman–Crippen LogP) is 3.54. The third-order valence-electron chi connectivity index (χ3n) is 5.18. The SMILES string of the molecule is COc1cc(F)ccc1O[C@@H]1CCN(C(=O)Cc2csc(-c3ccccc3)n2)C[C@H]1O. The molecule has 6 nitrogen and oxygen atoms in total. The summed E-state index contributed by atoms with van der Waals surface area (Å²) in [7, 11) is 1.43. The van der Waals surface area contributed by atoms with E-state index >= 15 is 0 Å². The molecule has 1 aliphatic rings. The van der Waals surface area contributed by atoms with Gasteiger partial charge < -0.3 is 19.5 Å². The number of benzene rings is 2. The van der Waals surface area contributed by atoms with Crippen LogP contribution in [0.2, 0.25) is 0 Å². The molecule has 0 saturated carbocycles. The first-order chi connectivity index (χ1) is 15.0. The third-order valence-corrected chi connectivity index (χ3v) is 6.12. The van der Waals surface area contributed by atoms with E-state index in [1.165, 1.54) is 36.6 Å². The van der Waals surface area contributed by atoms with E-state index in [0.29, 0.717) is 18.7 Å². The molecule has 1 N–H and O–H groups in total. The van der Waals surface area contributed by atoms with Crippen molar-refractivity contribution >= 4 is 17.2 Å². The second kappa shape index (κ2) is 9.45. The molecule has 1 amide bonds. The summed E-state index contributed by atoms with van der Waals surface area (Å²) in [6.45, 7) is 0.627. The minimum Gasteiger partial charge on any atom is -0.493 e. The highest BCUT2D eigenvalue weighted by molar-refractivity contribution is 7.13. The monoisotopic (exact) mass is 442 g/mol. The molecule has 0 aliphatic carbocycles. The number of ether oxygens (including phenoxy) is 2. The zero-order valence-electron chi connectivity index (χ0n) is 17.0. The van der Waals surface area contributed by atoms with Crippen molar-refractivity contribution < 1.29 is 23.8 Å². The van der Waals surface area contributed by atoms with Gasteiger partial charge in [0.25, 0.3) is 0 Å². The molecule has 2 heterocycles. The number of nitrogens with zero attached hydrogens (tertiary/aromatic N) is 2. The summed E-state index contributed by atoms with van der Waals surface area (Å²) in [5.41, 5.74) is 1.74. The number of rotatable bonds is 6. The van der Waals surface area contributed by atoms with Crippen molar-refractivity contribution in [1.82, 2.24) is 9.88 Å². The van der Waals surface area contributed by atoms with Crippen LogP contribution >= 0.6 is 11.3 Å². The lowest BCUT2D eigenvalue weighted by Gasteiger charge is -2.36. The largest absolute Gasteiger partial charge is 0.493 e. The highest BCUT2D eigenvalue weighted by Gasteiger charge is 2.32. The molecule has 1 saturated heterocycles. The average molecular weight is 443 g/mol. The fourth-order valence-electron chi connectivity index (χ4n) is 3.54. The van der Waals surface area contributed by atoms with E-state index in [1.54, 1.807) is 4.90 Å². The van der Waals surface area contributed by atoms with Crippen LogP contribution in [0.4, 0.5) is 4.39 Å². The van der Waals surface area contributed by atoms with Crippen LogP contribution in [0.5, 0.6) is 11.5 Å². The molecular formula is C23H23FN2O4S. The number of hydrogen-bond acceptors (Lipinski definition) is 6. The van der Waals surface area contributed by atoms with E-state index in [0.717, 1.165) is 16.3 Å². The van der Waals surface area contributed by atoms with E-state index in [-0.39, 0.29) is 24.6 Å². The van der Waals surface area contributed by atoms with Gasteiger partial charge in [-0.05, 0) is 12.1 Å². The molecule has 2 atom stereocenters. The number of aromatic nitrogens is 1. The number of carbonyl (C=O) groups is 1. The smallest absolute Gasteiger partial charge is 0.228 e. The van der Waals surface area contributed by atoms with Gasteiger partial charge in [-0.1, -0.05) is 30.3 Å². The molecule has 162 valence electrons. The second-order valence-electron chi connectivity index (χ2n) is 7.33. The maximum Gasteiger partial charge on any atom is 0.228 e. The van der Waals surface area contributed by atoms with Crippen molar-refractivity contribution in [3.8, 4) is 22.1 Å². The topological polar surface area (TPSA) is 71.9 Å². The molecule has 4 rings (SSSR count). The van der Waals surface area contributed by atoms with Crippen LogP contribution in [0, 0.1) is 5.82 Å². The van der Waals surface area contributed by atoms with Crippen molar-refractivity contribution in [3.63, 3.8) is 0 Å². The van der Waals surface area contributed by atoms with Gasteiger partial charge in [0.15, 0.2) is 11.5 Å². The molecule has 1 aliphatic heterocycles. The van der Waals surface area contributed by atoms with Crippen molar-refractivity contribution in [1.29, 1.82) is 0 Å². The number of aliphatic hydroxyl groups excluding tert-OH is 1. The predicted molar refractivity (Wildman–Crippen MR) is 116 cm³/mol. The Morgan fingerprint density at radius 2 is 2.06 bits per heavy atom. The van der Waals surface area contributed by atoms with Crippen LogP contribution in [0.3, 0.4) is 0 Å². The van der Waals surface area contributed by atoms with E-state index in [2.05, 4.69) is 4.98 Å². The molecule has 1 fully saturated rings. The van der Waals surface area contributed by atoms with Crippen LogP contribution in [0.1, 0.15) is 12.1 Å². The number of carbonyl (C=O) groups excluding carboxylic acids is 1. The minimum atomic E-state index is -0.859. The van der Waals surface area contributed by atoms with Gasteiger partial charge >= 0.3 is 0 Å². The van der Waals surface area contributed by atoms with Crippen molar-refractivity contribution in [2.75, 3.05) is 20.2 Å². The van der Waals surface area contributed by atoms with Gasteiger partial charge in [-0.25, -0.2) is 9.37 Å². The van der Waals surface area contributed by atoms with E-state index in [9.17, 15) is 14.3 Å². The number of β-amino-alcohol motifs (C(OH)–C–C–N with tert-alkyl or cyclic N) is 1. The third kappa shape index (κ3) is 5.03. The number of aliphatic hydroxyl groups is 1. The normalized spacial score (nSPS) is 18.6. The summed E-state index contributed by atoms with van der Waals surface area (Å²) in [5, 5.41) is 13.3. The highest BCUT2D eigenvalue weighted by Crippen LogP contribution is 2.30. The van der Waals surface area contributed by atoms with Crippen LogP contribution in [-0.4, -0.2) is 53.3 Å². The van der Waals surface area contributed by atoms with Crippen molar-refractivity contribution in [2.24, 2.45) is 0 Å². The summed E-state index contributed by atoms with van der Waals surface area (Å²) in [6, 6.07) is 13.8. The van der Waals surface area contributed by atoms with Gasteiger partial charge in [-0.3, -0.25) is 4.79 Å². The van der Waals surface area contributed by atoms with Crippen LogP contribution < -0.4 is 9.47 Å². The van der Waals surface area contributed by atoms with Crippen LogP contribution in [0.25, 0.3) is 10.6 Å². The summed E-state index contributed by atoms with van der Waals surface area (Å²) >= 11 is 1.51. The Hall–Kier alpha value is -2.97. The van der Waals surface area contributed by atoms with Gasteiger partial charge in [-0.15, -0.1) is 11.3 Å². The number of amides is 1. The molecule has 0 radical (unpaired) electrons. The number of piperidine rings is 1. The quantitative estimate of drug-likeness (QED) is 0.632. The Morgan fingerprint density at radius 3 is 2.81 bits per heavy atom. The number of thiazole rings is 1. The summed E-state index contributed by atoms with van der Waals surface area (Å²) in [5.74, 6) is 0.122. The molecule has 2 aromatic carbocycles. The molecule has 8 heteroatoms. The molecule has 0 unspecified atom stereocenters. The molecule has 0 spiro atoms. The Labute approximate surface area is 183 Å². The zero-order valence-corrected chi connectivity index (χ0v) is 17.8. The van der Waals surface area contributed by atoms with Gasteiger partial charge in [0.1, 0.15) is 23.0 Å². The summed E-state index contributed by atoms with van der Waals surface area (Å²) in [6.07, 6.45) is -0.720. The highest BCUT2D eigenvalue weighted by atomic mass is 32.1. The Balaban J connectivity index is 1.34. The summed E-state index contributed by atoms with van der Waals surface area (Å²) in [4.78, 5) is 18.9. The lowest BCUT2D eigenvalue weighted by molar-refractivity contribution is -0.136.